The van der Waals surface area contributed by atoms with Gasteiger partial charge in [0.05, 0.1) is 0 Å². The maximum Gasteiger partial charge on any atom is 0.0470 e. The second-order valence-corrected chi connectivity index (χ2v) is 6.82. The fourth-order valence-corrected chi connectivity index (χ4v) is 4.67. The first-order chi connectivity index (χ1) is 6.02. The molecular formula is C11H14S2. The van der Waals surface area contributed by atoms with Crippen LogP contribution in [0.15, 0.2) is 17.0 Å². The quantitative estimate of drug-likeness (QED) is 0.586. The Morgan fingerprint density at radius 2 is 1.85 bits per heavy atom. The molecule has 0 fully saturated rings. The van der Waals surface area contributed by atoms with Gasteiger partial charge < -0.3 is 0 Å². The summed E-state index contributed by atoms with van der Waals surface area (Å²) in [6.07, 6.45) is 0. The summed E-state index contributed by atoms with van der Waals surface area (Å²) in [5.41, 5.74) is 4.37. The molecular weight excluding hydrogens is 196 g/mol. The summed E-state index contributed by atoms with van der Waals surface area (Å²) in [6.45, 7) is 9.01. The van der Waals surface area contributed by atoms with Crippen LogP contribution in [0.3, 0.4) is 0 Å². The van der Waals surface area contributed by atoms with Gasteiger partial charge in [-0.2, -0.15) is 0 Å². The highest BCUT2D eigenvalue weighted by Crippen LogP contribution is 2.57. The predicted molar refractivity (Wildman–Crippen MR) is 62.4 cm³/mol. The maximum absolute atomic E-state index is 2.30. The standard InChI is InChI=1S/C11H14S2/c1-7-5-6-9-10(8(7)2)12-13-11(9,3)4/h5-6H,1-4H3. The van der Waals surface area contributed by atoms with E-state index < -0.39 is 0 Å². The molecule has 0 nitrogen and oxygen atoms in total. The van der Waals surface area contributed by atoms with E-state index in [1.165, 1.54) is 21.6 Å². The first-order valence-corrected chi connectivity index (χ1v) is 6.64. The Kier molecular flexibility index (Phi) is 2.16. The van der Waals surface area contributed by atoms with E-state index in [-0.39, 0.29) is 0 Å². The normalized spacial score (nSPS) is 18.8. The van der Waals surface area contributed by atoms with Crippen LogP contribution in [0.4, 0.5) is 0 Å². The first kappa shape index (κ1) is 9.47. The van der Waals surface area contributed by atoms with Crippen LogP contribution in [0, 0.1) is 13.8 Å². The van der Waals surface area contributed by atoms with Gasteiger partial charge in [0.25, 0.3) is 0 Å². The molecule has 1 aliphatic heterocycles. The summed E-state index contributed by atoms with van der Waals surface area (Å²) >= 11 is 0. The van der Waals surface area contributed by atoms with Crippen molar-refractivity contribution in [1.82, 2.24) is 0 Å². The van der Waals surface area contributed by atoms with Crippen molar-refractivity contribution in [3.05, 3.63) is 28.8 Å². The Balaban J connectivity index is 2.64. The smallest absolute Gasteiger partial charge is 0.0470 e. The molecule has 0 spiro atoms. The topological polar surface area (TPSA) is 0 Å². The lowest BCUT2D eigenvalue weighted by Crippen LogP contribution is -2.07. The Morgan fingerprint density at radius 1 is 1.15 bits per heavy atom. The van der Waals surface area contributed by atoms with Crippen LogP contribution in [0.25, 0.3) is 0 Å². The van der Waals surface area contributed by atoms with Crippen molar-refractivity contribution < 1.29 is 0 Å². The number of aryl methyl sites for hydroxylation is 1. The molecule has 1 aromatic rings. The number of rotatable bonds is 0. The van der Waals surface area contributed by atoms with Crippen LogP contribution in [-0.2, 0) is 4.75 Å². The van der Waals surface area contributed by atoms with E-state index in [1.807, 2.05) is 21.6 Å². The third-order valence-corrected chi connectivity index (χ3v) is 6.07. The molecule has 0 unspecified atom stereocenters. The monoisotopic (exact) mass is 210 g/mol. The van der Waals surface area contributed by atoms with Gasteiger partial charge >= 0.3 is 0 Å². The molecule has 0 bridgehead atoms. The minimum Gasteiger partial charge on any atom is -0.0778 e. The van der Waals surface area contributed by atoms with Gasteiger partial charge in [-0.15, -0.1) is 0 Å². The zero-order valence-electron chi connectivity index (χ0n) is 8.47. The molecule has 0 saturated carbocycles. The minimum absolute atomic E-state index is 0.290. The Bertz CT molecular complexity index is 353. The molecule has 0 aliphatic carbocycles. The molecule has 0 N–H and O–H groups in total. The van der Waals surface area contributed by atoms with Gasteiger partial charge in [0.15, 0.2) is 0 Å². The fraction of sp³-hybridized carbons (Fsp3) is 0.455. The van der Waals surface area contributed by atoms with E-state index >= 15 is 0 Å². The molecule has 13 heavy (non-hydrogen) atoms. The first-order valence-electron chi connectivity index (χ1n) is 4.49. The van der Waals surface area contributed by atoms with Crippen LogP contribution in [0.2, 0.25) is 0 Å². The molecule has 0 atom stereocenters. The van der Waals surface area contributed by atoms with Crippen molar-refractivity contribution in [2.24, 2.45) is 0 Å². The van der Waals surface area contributed by atoms with Crippen molar-refractivity contribution in [2.75, 3.05) is 0 Å². The largest absolute Gasteiger partial charge is 0.0778 e. The van der Waals surface area contributed by atoms with E-state index in [2.05, 4.69) is 39.8 Å². The highest BCUT2D eigenvalue weighted by molar-refractivity contribution is 8.77. The number of benzene rings is 1. The van der Waals surface area contributed by atoms with E-state index in [0.29, 0.717) is 4.75 Å². The molecule has 1 aliphatic rings. The van der Waals surface area contributed by atoms with E-state index in [0.717, 1.165) is 0 Å². The molecule has 70 valence electrons. The SMILES string of the molecule is Cc1ccc2c(c1C)SSC2(C)C. The number of hydrogen-bond donors (Lipinski definition) is 0. The lowest BCUT2D eigenvalue weighted by molar-refractivity contribution is 0.771. The Labute approximate surface area is 87.9 Å². The number of fused-ring (bicyclic) bond motifs is 1. The van der Waals surface area contributed by atoms with Crippen LogP contribution >= 0.6 is 21.6 Å². The zero-order valence-corrected chi connectivity index (χ0v) is 10.1. The van der Waals surface area contributed by atoms with Gasteiger partial charge in [-0.1, -0.05) is 33.7 Å². The maximum atomic E-state index is 2.30. The van der Waals surface area contributed by atoms with Crippen molar-refractivity contribution in [3.8, 4) is 0 Å². The third kappa shape index (κ3) is 1.40. The van der Waals surface area contributed by atoms with Gasteiger partial charge in [-0.3, -0.25) is 0 Å². The lowest BCUT2D eigenvalue weighted by Gasteiger charge is -2.16. The van der Waals surface area contributed by atoms with Gasteiger partial charge in [0, 0.05) is 9.64 Å². The molecule has 2 heteroatoms. The second-order valence-electron chi connectivity index (χ2n) is 4.06. The highest BCUT2D eigenvalue weighted by atomic mass is 33.1. The van der Waals surface area contributed by atoms with E-state index in [9.17, 15) is 0 Å². The Hall–Kier alpha value is -0.0800. The minimum atomic E-state index is 0.290. The van der Waals surface area contributed by atoms with Crippen molar-refractivity contribution in [3.63, 3.8) is 0 Å². The molecule has 2 rings (SSSR count). The molecule has 1 aromatic carbocycles. The number of hydrogen-bond acceptors (Lipinski definition) is 2. The predicted octanol–water partition coefficient (Wildman–Crippen LogP) is 4.29. The summed E-state index contributed by atoms with van der Waals surface area (Å²) in [7, 11) is 3.90. The lowest BCUT2D eigenvalue weighted by atomic mass is 9.97. The average Bonchev–Trinajstić information content (AvgIpc) is 2.35. The zero-order chi connectivity index (χ0) is 9.64. The van der Waals surface area contributed by atoms with Gasteiger partial charge in [-0.05, 0) is 44.4 Å². The van der Waals surface area contributed by atoms with Crippen molar-refractivity contribution in [2.45, 2.75) is 37.3 Å². The van der Waals surface area contributed by atoms with Gasteiger partial charge in [-0.25, -0.2) is 0 Å². The van der Waals surface area contributed by atoms with Crippen molar-refractivity contribution >= 4 is 21.6 Å². The Morgan fingerprint density at radius 3 is 2.54 bits per heavy atom. The van der Waals surface area contributed by atoms with Crippen LogP contribution in [0.1, 0.15) is 30.5 Å². The highest BCUT2D eigenvalue weighted by Gasteiger charge is 2.32. The summed E-state index contributed by atoms with van der Waals surface area (Å²) < 4.78 is 0.290. The third-order valence-electron chi connectivity index (χ3n) is 2.66. The summed E-state index contributed by atoms with van der Waals surface area (Å²) in [5.74, 6) is 0. The summed E-state index contributed by atoms with van der Waals surface area (Å²) in [5, 5.41) is 0. The molecule has 1 heterocycles. The van der Waals surface area contributed by atoms with E-state index in [4.69, 9.17) is 0 Å². The van der Waals surface area contributed by atoms with Crippen molar-refractivity contribution in [1.29, 1.82) is 0 Å². The molecule has 0 aromatic heterocycles. The van der Waals surface area contributed by atoms with Gasteiger partial charge in [0.1, 0.15) is 0 Å². The van der Waals surface area contributed by atoms with E-state index in [1.54, 1.807) is 0 Å². The molecule has 0 radical (unpaired) electrons. The van der Waals surface area contributed by atoms with Gasteiger partial charge in [0.2, 0.25) is 0 Å². The second kappa shape index (κ2) is 2.96. The average molecular weight is 210 g/mol. The summed E-state index contributed by atoms with van der Waals surface area (Å²) in [4.78, 5) is 1.50. The van der Waals surface area contributed by atoms with Crippen LogP contribution < -0.4 is 0 Å². The molecule has 0 saturated heterocycles. The molecule has 0 amide bonds. The fourth-order valence-electron chi connectivity index (χ4n) is 1.56. The van der Waals surface area contributed by atoms with Crippen LogP contribution in [-0.4, -0.2) is 0 Å². The van der Waals surface area contributed by atoms with Crippen LogP contribution in [0.5, 0.6) is 0 Å². The summed E-state index contributed by atoms with van der Waals surface area (Å²) in [6, 6.07) is 4.52.